The second kappa shape index (κ2) is 5.83. The van der Waals surface area contributed by atoms with E-state index in [0.717, 1.165) is 0 Å². The summed E-state index contributed by atoms with van der Waals surface area (Å²) in [7, 11) is 3.41. The largest absolute Gasteiger partial charge is 0.351 e. The van der Waals surface area contributed by atoms with Gasteiger partial charge in [0.1, 0.15) is 23.8 Å². The number of aromatic nitrogens is 2. The summed E-state index contributed by atoms with van der Waals surface area (Å²) in [4.78, 5) is 37.5. The van der Waals surface area contributed by atoms with Crippen molar-refractivity contribution in [3.63, 3.8) is 0 Å². The Kier molecular flexibility index (Phi) is 3.86. The lowest BCUT2D eigenvalue weighted by Gasteiger charge is -2.44. The molecule has 0 radical (unpaired) electrons. The topological polar surface area (TPSA) is 93.4 Å². The van der Waals surface area contributed by atoms with Crippen LogP contribution in [0, 0.1) is 17.2 Å². The van der Waals surface area contributed by atoms with E-state index in [4.69, 9.17) is 5.26 Å². The molecule has 0 aromatic carbocycles. The van der Waals surface area contributed by atoms with Gasteiger partial charge in [0.05, 0.1) is 18.2 Å². The number of likely N-dealkylation sites (tertiary alicyclic amines) is 1. The standard InChI is InChI=1S/C15H18N6O2/c1-19(2)15(23)10-3-13(22)21(6-10)12-7-20(8-12)14-11(4-16)5-17-9-18-14/h5,9-10,12H,3,6-8H2,1-2H3. The second-order valence-electron chi connectivity index (χ2n) is 6.11. The Balaban J connectivity index is 1.63. The average molecular weight is 314 g/mol. The van der Waals surface area contributed by atoms with Crippen molar-refractivity contribution < 1.29 is 9.59 Å². The quantitative estimate of drug-likeness (QED) is 0.745. The third kappa shape index (κ3) is 2.70. The molecule has 1 unspecified atom stereocenters. The minimum Gasteiger partial charge on any atom is -0.351 e. The fourth-order valence-corrected chi connectivity index (χ4v) is 3.09. The van der Waals surface area contributed by atoms with E-state index in [1.54, 1.807) is 19.0 Å². The zero-order valence-corrected chi connectivity index (χ0v) is 13.1. The summed E-state index contributed by atoms with van der Waals surface area (Å²) in [5, 5.41) is 9.09. The maximum atomic E-state index is 12.2. The molecule has 2 aliphatic heterocycles. The predicted molar refractivity (Wildman–Crippen MR) is 81.3 cm³/mol. The lowest BCUT2D eigenvalue weighted by molar-refractivity contribution is -0.133. The first kappa shape index (κ1) is 15.2. The van der Waals surface area contributed by atoms with Crippen LogP contribution in [0.15, 0.2) is 12.5 Å². The molecule has 2 saturated heterocycles. The van der Waals surface area contributed by atoms with Crippen LogP contribution in [-0.2, 0) is 9.59 Å². The van der Waals surface area contributed by atoms with E-state index in [9.17, 15) is 9.59 Å². The Hall–Kier alpha value is -2.69. The molecule has 1 aromatic heterocycles. The molecule has 3 rings (SSSR count). The molecule has 3 heterocycles. The lowest BCUT2D eigenvalue weighted by atomic mass is 10.1. The molecule has 23 heavy (non-hydrogen) atoms. The molecule has 2 fully saturated rings. The summed E-state index contributed by atoms with van der Waals surface area (Å²) >= 11 is 0. The minimum absolute atomic E-state index is 0.000373. The van der Waals surface area contributed by atoms with Crippen LogP contribution in [0.4, 0.5) is 5.82 Å². The summed E-state index contributed by atoms with van der Waals surface area (Å²) in [5.74, 6) is 0.379. The van der Waals surface area contributed by atoms with Crippen molar-refractivity contribution >= 4 is 17.6 Å². The van der Waals surface area contributed by atoms with Crippen molar-refractivity contribution in [1.82, 2.24) is 19.8 Å². The van der Waals surface area contributed by atoms with Gasteiger partial charge in [0.25, 0.3) is 0 Å². The summed E-state index contributed by atoms with van der Waals surface area (Å²) in [6, 6.07) is 2.15. The number of amides is 2. The zero-order valence-electron chi connectivity index (χ0n) is 13.1. The number of hydrogen-bond acceptors (Lipinski definition) is 6. The Bertz CT molecular complexity index is 677. The summed E-state index contributed by atoms with van der Waals surface area (Å²) in [5.41, 5.74) is 0.430. The van der Waals surface area contributed by atoms with Gasteiger partial charge in [-0.05, 0) is 0 Å². The highest BCUT2D eigenvalue weighted by molar-refractivity contribution is 5.89. The molecule has 8 nitrogen and oxygen atoms in total. The Morgan fingerprint density at radius 3 is 2.78 bits per heavy atom. The predicted octanol–water partition coefficient (Wildman–Crippen LogP) is -0.526. The van der Waals surface area contributed by atoms with Gasteiger partial charge in [0.2, 0.25) is 11.8 Å². The third-order valence-corrected chi connectivity index (χ3v) is 4.36. The number of carbonyl (C=O) groups is 2. The molecule has 0 N–H and O–H groups in total. The smallest absolute Gasteiger partial charge is 0.227 e. The maximum absolute atomic E-state index is 12.2. The van der Waals surface area contributed by atoms with Gasteiger partial charge in [0, 0.05) is 40.2 Å². The van der Waals surface area contributed by atoms with Crippen LogP contribution < -0.4 is 4.90 Å². The fraction of sp³-hybridized carbons (Fsp3) is 0.533. The first-order valence-electron chi connectivity index (χ1n) is 7.47. The van der Waals surface area contributed by atoms with Crippen molar-refractivity contribution in [2.45, 2.75) is 12.5 Å². The van der Waals surface area contributed by atoms with Crippen molar-refractivity contribution in [2.75, 3.05) is 38.6 Å². The van der Waals surface area contributed by atoms with Crippen LogP contribution in [0.2, 0.25) is 0 Å². The number of nitrogens with zero attached hydrogens (tertiary/aromatic N) is 6. The van der Waals surface area contributed by atoms with Crippen molar-refractivity contribution in [1.29, 1.82) is 5.26 Å². The minimum atomic E-state index is -0.250. The van der Waals surface area contributed by atoms with Gasteiger partial charge in [-0.1, -0.05) is 0 Å². The van der Waals surface area contributed by atoms with Crippen LogP contribution in [0.3, 0.4) is 0 Å². The molecule has 0 aliphatic carbocycles. The van der Waals surface area contributed by atoms with Crippen molar-refractivity contribution in [3.05, 3.63) is 18.1 Å². The molecule has 1 atom stereocenters. The van der Waals surface area contributed by atoms with Crippen LogP contribution >= 0.6 is 0 Å². The van der Waals surface area contributed by atoms with Gasteiger partial charge in [-0.25, -0.2) is 9.97 Å². The molecule has 0 bridgehead atoms. The maximum Gasteiger partial charge on any atom is 0.227 e. The molecule has 2 amide bonds. The number of rotatable bonds is 3. The van der Waals surface area contributed by atoms with E-state index >= 15 is 0 Å². The van der Waals surface area contributed by atoms with E-state index in [1.807, 2.05) is 4.90 Å². The number of anilines is 1. The van der Waals surface area contributed by atoms with E-state index < -0.39 is 0 Å². The van der Waals surface area contributed by atoms with E-state index in [1.165, 1.54) is 17.4 Å². The van der Waals surface area contributed by atoms with Gasteiger partial charge in [0.15, 0.2) is 0 Å². The van der Waals surface area contributed by atoms with Gasteiger partial charge in [-0.3, -0.25) is 9.59 Å². The summed E-state index contributed by atoms with van der Waals surface area (Å²) < 4.78 is 0. The van der Waals surface area contributed by atoms with Crippen LogP contribution in [0.5, 0.6) is 0 Å². The highest BCUT2D eigenvalue weighted by Gasteiger charge is 2.43. The van der Waals surface area contributed by atoms with Crippen molar-refractivity contribution in [2.24, 2.45) is 5.92 Å². The number of hydrogen-bond donors (Lipinski definition) is 0. The molecule has 8 heteroatoms. The average Bonchev–Trinajstić information content (AvgIpc) is 2.87. The molecule has 120 valence electrons. The Morgan fingerprint density at radius 2 is 2.13 bits per heavy atom. The zero-order chi connectivity index (χ0) is 16.6. The fourth-order valence-electron chi connectivity index (χ4n) is 3.09. The summed E-state index contributed by atoms with van der Waals surface area (Å²) in [6.45, 7) is 1.73. The van der Waals surface area contributed by atoms with E-state index in [-0.39, 0.29) is 30.2 Å². The van der Waals surface area contributed by atoms with Gasteiger partial charge in [-0.15, -0.1) is 0 Å². The lowest BCUT2D eigenvalue weighted by Crippen LogP contribution is -2.60. The Labute approximate surface area is 134 Å². The third-order valence-electron chi connectivity index (χ3n) is 4.36. The molecular formula is C15H18N6O2. The van der Waals surface area contributed by atoms with Crippen molar-refractivity contribution in [3.8, 4) is 6.07 Å². The Morgan fingerprint density at radius 1 is 1.39 bits per heavy atom. The van der Waals surface area contributed by atoms with Crippen LogP contribution in [0.25, 0.3) is 0 Å². The molecule has 0 spiro atoms. The SMILES string of the molecule is CN(C)C(=O)C1CC(=O)N(C2CN(c3ncncc3C#N)C2)C1. The highest BCUT2D eigenvalue weighted by Crippen LogP contribution is 2.29. The van der Waals surface area contributed by atoms with Crippen LogP contribution in [0.1, 0.15) is 12.0 Å². The molecule has 1 aromatic rings. The summed E-state index contributed by atoms with van der Waals surface area (Å²) in [6.07, 6.45) is 3.18. The molecule has 2 aliphatic rings. The first-order chi connectivity index (χ1) is 11.0. The second-order valence-corrected chi connectivity index (χ2v) is 6.11. The van der Waals surface area contributed by atoms with Crippen LogP contribution in [-0.4, -0.2) is 71.4 Å². The first-order valence-corrected chi connectivity index (χ1v) is 7.47. The van der Waals surface area contributed by atoms with Gasteiger partial charge in [-0.2, -0.15) is 5.26 Å². The number of carbonyl (C=O) groups excluding carboxylic acids is 2. The molecular weight excluding hydrogens is 296 g/mol. The van der Waals surface area contributed by atoms with Gasteiger partial charge >= 0.3 is 0 Å². The number of nitriles is 1. The van der Waals surface area contributed by atoms with Gasteiger partial charge < -0.3 is 14.7 Å². The molecule has 0 saturated carbocycles. The van der Waals surface area contributed by atoms with E-state index in [0.29, 0.717) is 31.0 Å². The monoisotopic (exact) mass is 314 g/mol. The highest BCUT2D eigenvalue weighted by atomic mass is 16.2. The van der Waals surface area contributed by atoms with E-state index in [2.05, 4.69) is 16.0 Å². The normalized spacial score (nSPS) is 21.1.